The topological polar surface area (TPSA) is 48.5 Å². The molecular formula is C65H51N5. The Labute approximate surface area is 408 Å². The first-order valence-electron chi connectivity index (χ1n) is 24.5. The van der Waals surface area contributed by atoms with Gasteiger partial charge < -0.3 is 4.57 Å². The van der Waals surface area contributed by atoms with Gasteiger partial charge in [-0.15, -0.1) is 0 Å². The van der Waals surface area contributed by atoms with Gasteiger partial charge in [0.25, 0.3) is 0 Å². The van der Waals surface area contributed by atoms with E-state index >= 15 is 0 Å². The van der Waals surface area contributed by atoms with Crippen molar-refractivity contribution in [3.63, 3.8) is 0 Å². The summed E-state index contributed by atoms with van der Waals surface area (Å²) < 4.78 is 4.70. The fraction of sp³-hybridized carbons (Fsp3) is 0.123. The van der Waals surface area contributed by atoms with E-state index in [0.29, 0.717) is 17.6 Å². The molecule has 0 amide bonds. The smallest absolute Gasteiger partial charge is 0.238 e. The maximum absolute atomic E-state index is 5.45. The summed E-state index contributed by atoms with van der Waals surface area (Å²) in [7, 11) is 0. The molecule has 0 spiro atoms. The van der Waals surface area contributed by atoms with E-state index in [9.17, 15) is 0 Å². The Kier molecular flexibility index (Phi) is 9.60. The Morgan fingerprint density at radius 3 is 1.46 bits per heavy atom. The molecule has 1 aliphatic rings. The molecule has 5 heteroatoms. The summed E-state index contributed by atoms with van der Waals surface area (Å²) in [5.74, 6) is 1.78. The molecule has 9 aromatic carbocycles. The van der Waals surface area contributed by atoms with Crippen molar-refractivity contribution in [1.82, 2.24) is 24.1 Å². The molecule has 0 radical (unpaired) electrons. The first kappa shape index (κ1) is 41.8. The standard InChI is InChI=1S/C65H51N5/c1-64(2)39-40-65(3,4)56-41-47(33-38-55(56)64)44-29-27-42(28-30-44)43-31-34-48(35-32-43)69-57-25-15-13-22-50(57)52-36-37-53-51-23-14-16-26-58(51)70(60(53)59(52)69)63-67-61(46-19-9-6-10-20-46)66-62(68-63)54-24-12-11-21-49(54)45-17-7-5-8-18-45/h5-38,41H,39-40H2,1-4H3. The van der Waals surface area contributed by atoms with Gasteiger partial charge in [0.15, 0.2) is 11.6 Å². The molecule has 336 valence electrons. The van der Waals surface area contributed by atoms with E-state index in [-0.39, 0.29) is 10.8 Å². The number of aromatic nitrogens is 5. The molecular weight excluding hydrogens is 851 g/mol. The van der Waals surface area contributed by atoms with Crippen molar-refractivity contribution in [3.8, 4) is 67.8 Å². The van der Waals surface area contributed by atoms with Crippen molar-refractivity contribution in [1.29, 1.82) is 0 Å². The summed E-state index contributed by atoms with van der Waals surface area (Å²) in [5, 5.41) is 4.60. The Balaban J connectivity index is 0.979. The molecule has 5 nitrogen and oxygen atoms in total. The van der Waals surface area contributed by atoms with Crippen molar-refractivity contribution in [2.45, 2.75) is 51.4 Å². The van der Waals surface area contributed by atoms with E-state index in [2.05, 4.69) is 225 Å². The summed E-state index contributed by atoms with van der Waals surface area (Å²) >= 11 is 0. The quantitative estimate of drug-likeness (QED) is 0.160. The summed E-state index contributed by atoms with van der Waals surface area (Å²) in [6.07, 6.45) is 2.42. The Morgan fingerprint density at radius 1 is 0.343 bits per heavy atom. The fourth-order valence-electron chi connectivity index (χ4n) is 11.3. The van der Waals surface area contributed by atoms with Crippen LogP contribution in [0.4, 0.5) is 0 Å². The summed E-state index contributed by atoms with van der Waals surface area (Å²) in [6, 6.07) is 76.4. The normalized spacial score (nSPS) is 14.1. The second-order valence-electron chi connectivity index (χ2n) is 20.3. The number of hydrogen-bond acceptors (Lipinski definition) is 3. The van der Waals surface area contributed by atoms with E-state index in [1.807, 2.05) is 24.3 Å². The van der Waals surface area contributed by atoms with Crippen LogP contribution in [0.25, 0.3) is 111 Å². The first-order chi connectivity index (χ1) is 34.2. The second-order valence-corrected chi connectivity index (χ2v) is 20.3. The van der Waals surface area contributed by atoms with E-state index in [0.717, 1.165) is 66.2 Å². The van der Waals surface area contributed by atoms with Crippen LogP contribution in [0.15, 0.2) is 212 Å². The van der Waals surface area contributed by atoms with Crippen LogP contribution in [0.5, 0.6) is 0 Å². The molecule has 1 aliphatic carbocycles. The molecule has 0 atom stereocenters. The fourth-order valence-corrected chi connectivity index (χ4v) is 11.3. The SMILES string of the molecule is CC1(C)CCC(C)(C)c2cc(-c3ccc(-c4ccc(-n5c6ccccc6c6ccc7c8ccccc8n(-c8nc(-c9ccccc9)nc(-c9ccccc9-c9ccccc9)n8)c7c65)cc4)cc3)ccc21. The van der Waals surface area contributed by atoms with Crippen LogP contribution in [-0.2, 0) is 10.8 Å². The predicted molar refractivity (Wildman–Crippen MR) is 291 cm³/mol. The maximum Gasteiger partial charge on any atom is 0.238 e. The highest BCUT2D eigenvalue weighted by Crippen LogP contribution is 2.47. The Morgan fingerprint density at radius 2 is 0.814 bits per heavy atom. The van der Waals surface area contributed by atoms with Gasteiger partial charge in [0.05, 0.1) is 22.1 Å². The lowest BCUT2D eigenvalue weighted by Gasteiger charge is -2.42. The van der Waals surface area contributed by atoms with E-state index in [1.54, 1.807) is 0 Å². The van der Waals surface area contributed by atoms with Crippen LogP contribution in [0.1, 0.15) is 51.7 Å². The van der Waals surface area contributed by atoms with Gasteiger partial charge in [-0.05, 0) is 92.4 Å². The number of nitrogens with zero attached hydrogens (tertiary/aromatic N) is 5. The lowest BCUT2D eigenvalue weighted by molar-refractivity contribution is 0.332. The lowest BCUT2D eigenvalue weighted by Crippen LogP contribution is -2.33. The van der Waals surface area contributed by atoms with E-state index in [1.165, 1.54) is 51.6 Å². The van der Waals surface area contributed by atoms with Crippen LogP contribution in [0, 0.1) is 0 Å². The van der Waals surface area contributed by atoms with Gasteiger partial charge in [-0.1, -0.05) is 216 Å². The average molecular weight is 902 g/mol. The molecule has 0 unspecified atom stereocenters. The number of para-hydroxylation sites is 2. The third-order valence-corrected chi connectivity index (χ3v) is 15.1. The molecule has 0 saturated carbocycles. The van der Waals surface area contributed by atoms with Crippen molar-refractivity contribution in [2.24, 2.45) is 0 Å². The molecule has 0 fully saturated rings. The number of hydrogen-bond donors (Lipinski definition) is 0. The molecule has 70 heavy (non-hydrogen) atoms. The average Bonchev–Trinajstić information content (AvgIpc) is 3.94. The Bertz CT molecular complexity index is 3970. The van der Waals surface area contributed by atoms with Gasteiger partial charge in [0, 0.05) is 38.4 Å². The molecule has 0 bridgehead atoms. The minimum atomic E-state index is 0.166. The van der Waals surface area contributed by atoms with Crippen molar-refractivity contribution >= 4 is 43.6 Å². The van der Waals surface area contributed by atoms with Gasteiger partial charge in [-0.25, -0.2) is 4.98 Å². The molecule has 13 rings (SSSR count). The monoisotopic (exact) mass is 901 g/mol. The van der Waals surface area contributed by atoms with Crippen LogP contribution < -0.4 is 0 Å². The number of rotatable bonds is 7. The molecule has 0 saturated heterocycles. The summed E-state index contributed by atoms with van der Waals surface area (Å²) in [6.45, 7) is 9.59. The third-order valence-electron chi connectivity index (χ3n) is 15.1. The minimum Gasteiger partial charge on any atom is -0.307 e. The van der Waals surface area contributed by atoms with Crippen LogP contribution >= 0.6 is 0 Å². The van der Waals surface area contributed by atoms with Gasteiger partial charge >= 0.3 is 0 Å². The zero-order valence-corrected chi connectivity index (χ0v) is 39.9. The summed E-state index contributed by atoms with van der Waals surface area (Å²) in [4.78, 5) is 16.1. The number of fused-ring (bicyclic) bond motifs is 8. The minimum absolute atomic E-state index is 0.166. The molecule has 3 aromatic heterocycles. The van der Waals surface area contributed by atoms with Gasteiger partial charge in [-0.2, -0.15) is 9.97 Å². The van der Waals surface area contributed by atoms with Crippen molar-refractivity contribution in [2.75, 3.05) is 0 Å². The highest BCUT2D eigenvalue weighted by Gasteiger charge is 2.37. The van der Waals surface area contributed by atoms with Gasteiger partial charge in [0.1, 0.15) is 0 Å². The third kappa shape index (κ3) is 6.79. The van der Waals surface area contributed by atoms with Gasteiger partial charge in [-0.3, -0.25) is 4.57 Å². The zero-order valence-electron chi connectivity index (χ0n) is 39.9. The van der Waals surface area contributed by atoms with Crippen LogP contribution in [0.2, 0.25) is 0 Å². The first-order valence-corrected chi connectivity index (χ1v) is 24.5. The van der Waals surface area contributed by atoms with E-state index < -0.39 is 0 Å². The molecule has 3 heterocycles. The maximum atomic E-state index is 5.45. The highest BCUT2D eigenvalue weighted by atomic mass is 15.2. The highest BCUT2D eigenvalue weighted by molar-refractivity contribution is 6.23. The van der Waals surface area contributed by atoms with Gasteiger partial charge in [0.2, 0.25) is 5.95 Å². The zero-order chi connectivity index (χ0) is 47.1. The lowest BCUT2D eigenvalue weighted by atomic mass is 9.63. The second kappa shape index (κ2) is 16.1. The van der Waals surface area contributed by atoms with Crippen molar-refractivity contribution < 1.29 is 0 Å². The van der Waals surface area contributed by atoms with E-state index in [4.69, 9.17) is 15.0 Å². The van der Waals surface area contributed by atoms with Crippen molar-refractivity contribution in [3.05, 3.63) is 223 Å². The predicted octanol–water partition coefficient (Wildman–Crippen LogP) is 16.7. The molecule has 0 aliphatic heterocycles. The summed E-state index contributed by atoms with van der Waals surface area (Å²) in [5.41, 5.74) is 17.6. The molecule has 0 N–H and O–H groups in total. The Hall–Kier alpha value is -8.41. The van der Waals surface area contributed by atoms with Crippen LogP contribution in [-0.4, -0.2) is 24.1 Å². The van der Waals surface area contributed by atoms with Crippen LogP contribution in [0.3, 0.4) is 0 Å². The molecule has 12 aromatic rings. The largest absolute Gasteiger partial charge is 0.307 e. The number of benzene rings is 9.